The van der Waals surface area contributed by atoms with Crippen LogP contribution < -0.4 is 10.1 Å². The Morgan fingerprint density at radius 2 is 1.92 bits per heavy atom. The number of methoxy groups -OCH3 is 1. The molecule has 25 heavy (non-hydrogen) atoms. The number of rotatable bonds is 4. The second-order valence-electron chi connectivity index (χ2n) is 5.28. The highest BCUT2D eigenvalue weighted by molar-refractivity contribution is 6.10. The lowest BCUT2D eigenvalue weighted by Gasteiger charge is -2.11. The van der Waals surface area contributed by atoms with E-state index in [0.717, 1.165) is 5.39 Å². The summed E-state index contributed by atoms with van der Waals surface area (Å²) < 4.78 is 5.09. The minimum absolute atomic E-state index is 0.0964. The van der Waals surface area contributed by atoms with Gasteiger partial charge >= 0.3 is 0 Å². The minimum atomic E-state index is -0.552. The molecule has 0 saturated carbocycles. The van der Waals surface area contributed by atoms with Gasteiger partial charge in [0.15, 0.2) is 0 Å². The Bertz CT molecular complexity index is 984. The number of carbonyl (C=O) groups is 1. The second-order valence-corrected chi connectivity index (χ2v) is 5.28. The van der Waals surface area contributed by atoms with Crippen LogP contribution in [-0.4, -0.2) is 23.0 Å². The first-order valence-corrected chi connectivity index (χ1v) is 7.35. The monoisotopic (exact) mass is 338 g/mol. The molecular weight excluding hydrogens is 324 g/mol. The summed E-state index contributed by atoms with van der Waals surface area (Å²) in [7, 11) is 1.35. The van der Waals surface area contributed by atoms with E-state index >= 15 is 0 Å². The molecule has 0 saturated heterocycles. The first kappa shape index (κ1) is 16.3. The number of hydrogen-bond donors (Lipinski definition) is 2. The highest BCUT2D eigenvalue weighted by atomic mass is 16.6. The second kappa shape index (κ2) is 6.48. The molecule has 0 aliphatic heterocycles. The Morgan fingerprint density at radius 1 is 1.16 bits per heavy atom. The predicted octanol–water partition coefficient (Wildman–Crippen LogP) is 3.71. The van der Waals surface area contributed by atoms with E-state index < -0.39 is 10.8 Å². The van der Waals surface area contributed by atoms with E-state index in [-0.39, 0.29) is 28.4 Å². The van der Waals surface area contributed by atoms with Gasteiger partial charge in [-0.3, -0.25) is 14.9 Å². The molecular formula is C18H14N2O5. The van der Waals surface area contributed by atoms with Crippen LogP contribution in [0.4, 0.5) is 11.4 Å². The molecule has 0 aliphatic rings. The van der Waals surface area contributed by atoms with Crippen LogP contribution in [0.2, 0.25) is 0 Å². The van der Waals surface area contributed by atoms with Crippen LogP contribution in [0.5, 0.6) is 11.5 Å². The van der Waals surface area contributed by atoms with E-state index in [4.69, 9.17) is 4.74 Å². The number of nitro groups is 1. The molecule has 7 nitrogen and oxygen atoms in total. The van der Waals surface area contributed by atoms with Crippen molar-refractivity contribution in [1.29, 1.82) is 0 Å². The Balaban J connectivity index is 1.95. The van der Waals surface area contributed by atoms with Gasteiger partial charge in [-0.1, -0.05) is 30.3 Å². The quantitative estimate of drug-likeness (QED) is 0.558. The van der Waals surface area contributed by atoms with Gasteiger partial charge in [-0.05, 0) is 17.5 Å². The summed E-state index contributed by atoms with van der Waals surface area (Å²) >= 11 is 0. The highest BCUT2D eigenvalue weighted by Crippen LogP contribution is 2.32. The first-order chi connectivity index (χ1) is 12.0. The maximum atomic E-state index is 12.5. The standard InChI is InChI=1S/C18H14N2O5/c1-25-16-10-12(20(23)24)7-9-15(16)19-18(22)14-8-6-11-4-2-3-5-13(11)17(14)21/h2-10,21H,1H3,(H,19,22). The molecule has 126 valence electrons. The molecule has 7 heteroatoms. The third-order valence-corrected chi connectivity index (χ3v) is 3.79. The number of aromatic hydroxyl groups is 1. The number of ether oxygens (including phenoxy) is 1. The van der Waals surface area contributed by atoms with Gasteiger partial charge < -0.3 is 15.2 Å². The number of phenolic OH excluding ortho intramolecular Hbond substituents is 1. The van der Waals surface area contributed by atoms with Crippen LogP contribution in [0.3, 0.4) is 0 Å². The largest absolute Gasteiger partial charge is 0.506 e. The van der Waals surface area contributed by atoms with Crippen LogP contribution in [0.1, 0.15) is 10.4 Å². The van der Waals surface area contributed by atoms with Gasteiger partial charge in [-0.15, -0.1) is 0 Å². The van der Waals surface area contributed by atoms with Crippen LogP contribution >= 0.6 is 0 Å². The molecule has 0 aromatic heterocycles. The van der Waals surface area contributed by atoms with Crippen LogP contribution in [0.25, 0.3) is 10.8 Å². The van der Waals surface area contributed by atoms with Crippen molar-refractivity contribution in [2.45, 2.75) is 0 Å². The number of nitrogens with zero attached hydrogens (tertiary/aromatic N) is 1. The molecule has 3 aromatic carbocycles. The average Bonchev–Trinajstić information content (AvgIpc) is 2.62. The molecule has 0 radical (unpaired) electrons. The fraction of sp³-hybridized carbons (Fsp3) is 0.0556. The summed E-state index contributed by atoms with van der Waals surface area (Å²) in [5.74, 6) is -0.519. The number of carbonyl (C=O) groups excluding carboxylic acids is 1. The molecule has 3 rings (SSSR count). The molecule has 0 bridgehead atoms. The number of amides is 1. The molecule has 0 aliphatic carbocycles. The number of fused-ring (bicyclic) bond motifs is 1. The maximum Gasteiger partial charge on any atom is 0.273 e. The number of nitrogens with one attached hydrogen (secondary N) is 1. The molecule has 3 aromatic rings. The van der Waals surface area contributed by atoms with E-state index in [1.54, 1.807) is 18.2 Å². The fourth-order valence-electron chi connectivity index (χ4n) is 2.52. The van der Waals surface area contributed by atoms with Gasteiger partial charge in [-0.25, -0.2) is 0 Å². The lowest BCUT2D eigenvalue weighted by molar-refractivity contribution is -0.384. The van der Waals surface area contributed by atoms with Crippen molar-refractivity contribution >= 4 is 28.1 Å². The van der Waals surface area contributed by atoms with Crippen molar-refractivity contribution in [3.05, 3.63) is 70.3 Å². The van der Waals surface area contributed by atoms with Gasteiger partial charge in [0.2, 0.25) is 0 Å². The third-order valence-electron chi connectivity index (χ3n) is 3.79. The zero-order valence-corrected chi connectivity index (χ0v) is 13.2. The SMILES string of the molecule is COc1cc([N+](=O)[O-])ccc1NC(=O)c1ccc2ccccc2c1O. The summed E-state index contributed by atoms with van der Waals surface area (Å²) in [5.41, 5.74) is 0.216. The van der Waals surface area contributed by atoms with Crippen molar-refractivity contribution in [3.8, 4) is 11.5 Å². The van der Waals surface area contributed by atoms with Crippen molar-refractivity contribution in [2.75, 3.05) is 12.4 Å². The smallest absolute Gasteiger partial charge is 0.273 e. The van der Waals surface area contributed by atoms with Gasteiger partial charge in [-0.2, -0.15) is 0 Å². The number of benzene rings is 3. The zero-order valence-electron chi connectivity index (χ0n) is 13.2. The van der Waals surface area contributed by atoms with Gasteiger partial charge in [0.1, 0.15) is 11.5 Å². The number of non-ortho nitro benzene ring substituents is 1. The minimum Gasteiger partial charge on any atom is -0.506 e. The predicted molar refractivity (Wildman–Crippen MR) is 93.2 cm³/mol. The van der Waals surface area contributed by atoms with Crippen molar-refractivity contribution in [3.63, 3.8) is 0 Å². The Kier molecular flexibility index (Phi) is 4.21. The zero-order chi connectivity index (χ0) is 18.0. The lowest BCUT2D eigenvalue weighted by Crippen LogP contribution is -2.13. The first-order valence-electron chi connectivity index (χ1n) is 7.35. The molecule has 0 unspecified atom stereocenters. The normalized spacial score (nSPS) is 10.4. The van der Waals surface area contributed by atoms with E-state index in [9.17, 15) is 20.0 Å². The van der Waals surface area contributed by atoms with Gasteiger partial charge in [0.05, 0.1) is 29.4 Å². The van der Waals surface area contributed by atoms with E-state index in [1.807, 2.05) is 12.1 Å². The Labute approximate surface area is 142 Å². The van der Waals surface area contributed by atoms with Crippen molar-refractivity contribution < 1.29 is 19.6 Å². The van der Waals surface area contributed by atoms with Gasteiger partial charge in [0.25, 0.3) is 11.6 Å². The van der Waals surface area contributed by atoms with Crippen molar-refractivity contribution in [1.82, 2.24) is 0 Å². The number of phenols is 1. The fourth-order valence-corrected chi connectivity index (χ4v) is 2.52. The summed E-state index contributed by atoms with van der Waals surface area (Å²) in [6.07, 6.45) is 0. The van der Waals surface area contributed by atoms with E-state index in [0.29, 0.717) is 5.39 Å². The topological polar surface area (TPSA) is 102 Å². The van der Waals surface area contributed by atoms with Crippen LogP contribution in [0, 0.1) is 10.1 Å². The van der Waals surface area contributed by atoms with Crippen LogP contribution in [0.15, 0.2) is 54.6 Å². The summed E-state index contributed by atoms with van der Waals surface area (Å²) in [5, 5.41) is 25.2. The summed E-state index contributed by atoms with van der Waals surface area (Å²) in [6.45, 7) is 0. The number of hydrogen-bond acceptors (Lipinski definition) is 5. The number of nitro benzene ring substituents is 1. The van der Waals surface area contributed by atoms with Crippen molar-refractivity contribution in [2.24, 2.45) is 0 Å². The molecule has 1 amide bonds. The average molecular weight is 338 g/mol. The van der Waals surface area contributed by atoms with E-state index in [1.165, 1.54) is 31.4 Å². The summed E-state index contributed by atoms with van der Waals surface area (Å²) in [4.78, 5) is 22.8. The lowest BCUT2D eigenvalue weighted by atomic mass is 10.0. The van der Waals surface area contributed by atoms with Gasteiger partial charge in [0, 0.05) is 11.5 Å². The molecule has 0 spiro atoms. The Morgan fingerprint density at radius 3 is 2.64 bits per heavy atom. The summed E-state index contributed by atoms with van der Waals surface area (Å²) in [6, 6.07) is 14.3. The maximum absolute atomic E-state index is 12.5. The molecule has 0 fully saturated rings. The van der Waals surface area contributed by atoms with E-state index in [2.05, 4.69) is 5.32 Å². The molecule has 0 atom stereocenters. The molecule has 0 heterocycles. The Hall–Kier alpha value is -3.61. The third kappa shape index (κ3) is 3.07. The van der Waals surface area contributed by atoms with Crippen LogP contribution in [-0.2, 0) is 0 Å². The molecule has 2 N–H and O–H groups in total. The number of anilines is 1. The highest BCUT2D eigenvalue weighted by Gasteiger charge is 2.17.